The number of halogens is 6. The molecule has 0 amide bonds. The van der Waals surface area contributed by atoms with Crippen LogP contribution in [0.5, 0.6) is 0 Å². The number of alkyl halides is 6. The topological polar surface area (TPSA) is 84.4 Å². The van der Waals surface area contributed by atoms with Crippen LogP contribution < -0.4 is 0 Å². The second-order valence-electron chi connectivity index (χ2n) is 10.6. The summed E-state index contributed by atoms with van der Waals surface area (Å²) < 4.78 is 83.6. The third-order valence-electron chi connectivity index (χ3n) is 8.02. The fourth-order valence-electron chi connectivity index (χ4n) is 5.88. The zero-order valence-corrected chi connectivity index (χ0v) is 24.6. The van der Waals surface area contributed by atoms with Crippen molar-refractivity contribution in [2.75, 3.05) is 0 Å². The van der Waals surface area contributed by atoms with E-state index < -0.39 is 51.6 Å². The van der Waals surface area contributed by atoms with E-state index >= 15 is 0 Å². The van der Waals surface area contributed by atoms with Crippen molar-refractivity contribution in [2.24, 2.45) is 0 Å². The molecule has 3 aromatic rings. The highest BCUT2D eigenvalue weighted by atomic mass is 19.4. The summed E-state index contributed by atoms with van der Waals surface area (Å²) >= 11 is 0. The van der Waals surface area contributed by atoms with Gasteiger partial charge in [-0.1, -0.05) is 30.3 Å². The summed E-state index contributed by atoms with van der Waals surface area (Å²) in [5.74, 6) is 0. The van der Waals surface area contributed by atoms with Crippen molar-refractivity contribution in [3.63, 3.8) is 0 Å². The van der Waals surface area contributed by atoms with Gasteiger partial charge in [-0.3, -0.25) is 0 Å². The zero-order chi connectivity index (χ0) is 35.3. The van der Waals surface area contributed by atoms with Gasteiger partial charge in [-0.05, 0) is 93.3 Å². The van der Waals surface area contributed by atoms with Crippen LogP contribution in [-0.4, -0.2) is 0 Å². The molecule has 2 aliphatic carbocycles. The summed E-state index contributed by atoms with van der Waals surface area (Å²) in [6.45, 7) is 26.7. The van der Waals surface area contributed by atoms with Crippen LogP contribution in [0.25, 0.3) is 48.1 Å². The van der Waals surface area contributed by atoms with Gasteiger partial charge < -0.3 is 0 Å². The van der Waals surface area contributed by atoms with E-state index in [4.69, 9.17) is 19.7 Å². The van der Waals surface area contributed by atoms with Crippen LogP contribution in [0.2, 0.25) is 0 Å². The molecule has 0 radical (unpaired) electrons. The summed E-state index contributed by atoms with van der Waals surface area (Å²) in [4.78, 5) is 9.85. The predicted octanol–water partition coefficient (Wildman–Crippen LogP) is 9.90. The van der Waals surface area contributed by atoms with E-state index in [2.05, 4.69) is 20.6 Å². The van der Waals surface area contributed by atoms with E-state index in [1.54, 1.807) is 18.2 Å². The number of aryl methyl sites for hydroxylation is 2. The smallest absolute Gasteiger partial charge is 0.237 e. The molecule has 0 atom stereocenters. The zero-order valence-electron chi connectivity index (χ0n) is 24.6. The summed E-state index contributed by atoms with van der Waals surface area (Å²) in [5.41, 5.74) is -4.36. The minimum atomic E-state index is -5.48. The Morgan fingerprint density at radius 2 is 1.10 bits per heavy atom. The molecule has 0 unspecified atom stereocenters. The first kappa shape index (κ1) is 32.5. The SMILES string of the molecule is [C-]#[N+]C(C#N)=C1C(c2cccc(C3=C(C#N)c4cc(C)c(C)cc4/C3=C(/C#N)[N+]#[C-])c2)=C([N+]#[C-])c2cc(C(F)(F)F)c(C(F)(F)F)cc21. The van der Waals surface area contributed by atoms with Gasteiger partial charge in [0.2, 0.25) is 5.70 Å². The molecule has 2 aliphatic rings. The Kier molecular flexibility index (Phi) is 7.79. The van der Waals surface area contributed by atoms with Gasteiger partial charge in [0.15, 0.2) is 0 Å². The van der Waals surface area contributed by atoms with Gasteiger partial charge >= 0.3 is 12.4 Å². The molecule has 0 saturated carbocycles. The minimum Gasteiger partial charge on any atom is -0.237 e. The second kappa shape index (κ2) is 11.5. The van der Waals surface area contributed by atoms with Crippen LogP contribution in [0.1, 0.15) is 55.6 Å². The molecule has 6 nitrogen and oxygen atoms in total. The minimum absolute atomic E-state index is 0.0250. The first-order valence-electron chi connectivity index (χ1n) is 13.5. The Bertz CT molecular complexity index is 2360. The number of benzene rings is 3. The lowest BCUT2D eigenvalue weighted by atomic mass is 9.89. The normalized spacial score (nSPS) is 15.7. The monoisotopic (exact) mass is 644 g/mol. The van der Waals surface area contributed by atoms with Crippen LogP contribution in [0.15, 0.2) is 59.9 Å². The molecular weight excluding hydrogens is 630 g/mol. The highest BCUT2D eigenvalue weighted by molar-refractivity contribution is 6.27. The Morgan fingerprint density at radius 3 is 1.56 bits per heavy atom. The Morgan fingerprint density at radius 1 is 0.646 bits per heavy atom. The van der Waals surface area contributed by atoms with Gasteiger partial charge in [0.1, 0.15) is 6.07 Å². The molecule has 5 rings (SSSR count). The maximum absolute atomic E-state index is 14.0. The molecule has 0 fully saturated rings. The largest absolute Gasteiger partial charge is 0.417 e. The lowest BCUT2D eigenvalue weighted by molar-refractivity contribution is -0.162. The van der Waals surface area contributed by atoms with E-state index in [9.17, 15) is 42.1 Å². The summed E-state index contributed by atoms with van der Waals surface area (Å²) in [6, 6.07) is 15.2. The van der Waals surface area contributed by atoms with E-state index in [0.717, 1.165) is 11.1 Å². The van der Waals surface area contributed by atoms with Crippen molar-refractivity contribution in [3.05, 3.63) is 150 Å². The molecule has 0 N–H and O–H groups in total. The van der Waals surface area contributed by atoms with Gasteiger partial charge in [-0.15, -0.1) is 0 Å². The van der Waals surface area contributed by atoms with Gasteiger partial charge in [0.25, 0.3) is 11.4 Å². The molecule has 0 saturated heterocycles. The van der Waals surface area contributed by atoms with Gasteiger partial charge in [-0.2, -0.15) is 31.6 Å². The summed E-state index contributed by atoms with van der Waals surface area (Å²) in [7, 11) is 0. The van der Waals surface area contributed by atoms with Crippen molar-refractivity contribution >= 4 is 33.6 Å². The molecular formula is C36H14F6N6. The van der Waals surface area contributed by atoms with Gasteiger partial charge in [0.05, 0.1) is 48.6 Å². The fraction of sp³-hybridized carbons (Fsp3) is 0.111. The van der Waals surface area contributed by atoms with Crippen LogP contribution in [-0.2, 0) is 12.4 Å². The van der Waals surface area contributed by atoms with Crippen LogP contribution >= 0.6 is 0 Å². The van der Waals surface area contributed by atoms with Gasteiger partial charge in [0, 0.05) is 5.57 Å². The maximum atomic E-state index is 14.0. The number of nitrogens with zero attached hydrogens (tertiary/aromatic N) is 6. The Labute approximate surface area is 269 Å². The Balaban J connectivity index is 1.88. The lowest BCUT2D eigenvalue weighted by Gasteiger charge is -2.18. The van der Waals surface area contributed by atoms with E-state index in [-0.39, 0.29) is 51.2 Å². The molecule has 48 heavy (non-hydrogen) atoms. The predicted molar refractivity (Wildman–Crippen MR) is 163 cm³/mol. The van der Waals surface area contributed by atoms with Gasteiger partial charge in [-0.25, -0.2) is 25.1 Å². The van der Waals surface area contributed by atoms with E-state index in [0.29, 0.717) is 11.1 Å². The summed E-state index contributed by atoms with van der Waals surface area (Å²) in [5, 5.41) is 30.0. The van der Waals surface area contributed by atoms with Crippen LogP contribution in [0.4, 0.5) is 26.3 Å². The highest BCUT2D eigenvalue weighted by Gasteiger charge is 2.45. The molecule has 0 heterocycles. The first-order chi connectivity index (χ1) is 22.7. The quantitative estimate of drug-likeness (QED) is 0.158. The molecule has 0 bridgehead atoms. The molecule has 230 valence electrons. The van der Waals surface area contributed by atoms with Crippen molar-refractivity contribution in [1.82, 2.24) is 0 Å². The molecule has 0 aromatic heterocycles. The maximum Gasteiger partial charge on any atom is 0.417 e. The average molecular weight is 645 g/mol. The fourth-order valence-corrected chi connectivity index (χ4v) is 5.88. The third kappa shape index (κ3) is 4.96. The van der Waals surface area contributed by atoms with Crippen LogP contribution in [0, 0.1) is 67.6 Å². The standard InChI is InChI=1S/C36H14F6N6/c1-17-9-21-22(10-18(17)2)32(28(15-44)46-3)30(25(21)14-43)19-7-6-8-20(11-19)31-33(29(16-45)47-4)23-12-26(35(37,38)39)27(36(40,41)42)13-24(23)34(31)48-5/h6-13H,1-2H3/b32-28+,33-29?. The number of hydrogen-bond acceptors (Lipinski definition) is 3. The number of fused-ring (bicyclic) bond motifs is 2. The lowest BCUT2D eigenvalue weighted by Crippen LogP contribution is -2.17. The van der Waals surface area contributed by atoms with Crippen LogP contribution in [0.3, 0.4) is 0 Å². The average Bonchev–Trinajstić information content (AvgIpc) is 3.53. The molecule has 0 spiro atoms. The van der Waals surface area contributed by atoms with E-state index in [1.165, 1.54) is 24.3 Å². The number of hydrogen-bond donors (Lipinski definition) is 0. The van der Waals surface area contributed by atoms with Crippen molar-refractivity contribution in [1.29, 1.82) is 15.8 Å². The van der Waals surface area contributed by atoms with Crippen molar-refractivity contribution in [3.8, 4) is 18.2 Å². The Hall–Kier alpha value is -6.86. The van der Waals surface area contributed by atoms with E-state index in [1.807, 2.05) is 19.9 Å². The number of rotatable bonds is 2. The third-order valence-corrected chi connectivity index (χ3v) is 8.02. The molecule has 12 heteroatoms. The summed E-state index contributed by atoms with van der Waals surface area (Å²) in [6.07, 6.45) is -10.9. The molecule has 0 aliphatic heterocycles. The number of allylic oxidation sites excluding steroid dienone is 7. The van der Waals surface area contributed by atoms with Crippen molar-refractivity contribution in [2.45, 2.75) is 26.2 Å². The highest BCUT2D eigenvalue weighted by Crippen LogP contribution is 2.54. The number of nitriles is 3. The first-order valence-corrected chi connectivity index (χ1v) is 13.5. The second-order valence-corrected chi connectivity index (χ2v) is 10.6. The van der Waals surface area contributed by atoms with Crippen molar-refractivity contribution < 1.29 is 26.3 Å². The molecule has 3 aromatic carbocycles.